The fourth-order valence-corrected chi connectivity index (χ4v) is 3.14. The van der Waals surface area contributed by atoms with Crippen molar-refractivity contribution in [3.8, 4) is 0 Å². The molecule has 0 aliphatic carbocycles. The summed E-state index contributed by atoms with van der Waals surface area (Å²) in [6.45, 7) is 11.1. The second-order valence-electron chi connectivity index (χ2n) is 6.81. The first-order valence-electron chi connectivity index (χ1n) is 8.72. The van der Waals surface area contributed by atoms with E-state index in [0.717, 1.165) is 13.1 Å². The van der Waals surface area contributed by atoms with E-state index in [0.29, 0.717) is 43.1 Å². The van der Waals surface area contributed by atoms with Crippen LogP contribution >= 0.6 is 0 Å². The van der Waals surface area contributed by atoms with E-state index >= 15 is 0 Å². The van der Waals surface area contributed by atoms with E-state index in [9.17, 15) is 5.11 Å². The molecule has 0 spiro atoms. The molecule has 3 heterocycles. The lowest BCUT2D eigenvalue weighted by Crippen LogP contribution is -2.42. The molecular weight excluding hydrogens is 324 g/mol. The fraction of sp³-hybridized carbons (Fsp3) is 0.750. The number of aryl methyl sites for hydroxylation is 1. The zero-order chi connectivity index (χ0) is 18.0. The smallest absolute Gasteiger partial charge is 0.230 e. The van der Waals surface area contributed by atoms with E-state index in [1.165, 1.54) is 0 Å². The molecule has 2 aromatic heterocycles. The van der Waals surface area contributed by atoms with Gasteiger partial charge in [0.15, 0.2) is 5.82 Å². The zero-order valence-corrected chi connectivity index (χ0v) is 15.2. The maximum Gasteiger partial charge on any atom is 0.230 e. The maximum atomic E-state index is 10.5. The molecule has 0 saturated carbocycles. The minimum absolute atomic E-state index is 0.00803. The molecule has 0 amide bonds. The van der Waals surface area contributed by atoms with Crippen molar-refractivity contribution >= 4 is 0 Å². The molecular formula is C16H26N6O3. The van der Waals surface area contributed by atoms with Crippen molar-refractivity contribution in [3.05, 3.63) is 23.5 Å². The number of aromatic nitrogens is 4. The van der Waals surface area contributed by atoms with Gasteiger partial charge in [-0.15, -0.1) is 10.2 Å². The Morgan fingerprint density at radius 3 is 2.72 bits per heavy atom. The topological polar surface area (TPSA) is 105 Å². The first kappa shape index (κ1) is 18.0. The van der Waals surface area contributed by atoms with Crippen LogP contribution in [-0.4, -0.2) is 67.0 Å². The van der Waals surface area contributed by atoms with Gasteiger partial charge in [-0.2, -0.15) is 4.98 Å². The van der Waals surface area contributed by atoms with Crippen molar-refractivity contribution in [2.24, 2.45) is 0 Å². The molecule has 1 aliphatic heterocycles. The molecule has 1 fully saturated rings. The van der Waals surface area contributed by atoms with Gasteiger partial charge in [-0.05, 0) is 6.54 Å². The number of aliphatic hydroxyl groups is 1. The summed E-state index contributed by atoms with van der Waals surface area (Å²) >= 11 is 0. The molecule has 0 unspecified atom stereocenters. The van der Waals surface area contributed by atoms with Gasteiger partial charge in [-0.1, -0.05) is 25.9 Å². The molecule has 25 heavy (non-hydrogen) atoms. The Balaban J connectivity index is 1.61. The van der Waals surface area contributed by atoms with E-state index in [-0.39, 0.29) is 12.0 Å². The Hall–Kier alpha value is -1.84. The Bertz CT molecular complexity index is 685. The highest BCUT2D eigenvalue weighted by molar-refractivity contribution is 4.96. The number of nitrogens with zero attached hydrogens (tertiary/aromatic N) is 6. The van der Waals surface area contributed by atoms with Crippen molar-refractivity contribution in [2.45, 2.75) is 58.8 Å². The molecule has 9 heteroatoms. The summed E-state index contributed by atoms with van der Waals surface area (Å²) in [6, 6.07) is 0.00803. The second kappa shape index (κ2) is 7.59. The average Bonchev–Trinajstić information content (AvgIpc) is 3.26. The van der Waals surface area contributed by atoms with Crippen LogP contribution in [0.2, 0.25) is 0 Å². The van der Waals surface area contributed by atoms with Crippen molar-refractivity contribution in [1.82, 2.24) is 30.1 Å². The highest BCUT2D eigenvalue weighted by atomic mass is 16.5. The van der Waals surface area contributed by atoms with Crippen LogP contribution < -0.4 is 0 Å². The number of aliphatic hydroxyl groups excluding tert-OH is 1. The van der Waals surface area contributed by atoms with Gasteiger partial charge >= 0.3 is 0 Å². The fourth-order valence-electron chi connectivity index (χ4n) is 3.14. The standard InChI is InChI=1S/C16H26N6O3/c1-5-22(9-15-19-18-11(4)24-15)12-6-21(7-13(12)23)8-14-17-16(10(2)3)25-20-14/h10,12-13,23H,5-9H2,1-4H3/t12-,13+/m0/s1. The van der Waals surface area contributed by atoms with Crippen LogP contribution in [0.1, 0.15) is 50.2 Å². The zero-order valence-electron chi connectivity index (χ0n) is 15.2. The normalized spacial score (nSPS) is 21.7. The molecule has 2 aromatic rings. The molecule has 1 N–H and O–H groups in total. The molecule has 1 aliphatic rings. The third-order valence-electron chi connectivity index (χ3n) is 4.46. The van der Waals surface area contributed by atoms with E-state index in [4.69, 9.17) is 8.94 Å². The van der Waals surface area contributed by atoms with Gasteiger partial charge in [0.2, 0.25) is 17.7 Å². The molecule has 9 nitrogen and oxygen atoms in total. The van der Waals surface area contributed by atoms with Gasteiger partial charge in [0.05, 0.1) is 25.2 Å². The Morgan fingerprint density at radius 1 is 1.32 bits per heavy atom. The Labute approximate surface area is 147 Å². The number of rotatable bonds is 7. The van der Waals surface area contributed by atoms with E-state index < -0.39 is 6.10 Å². The third kappa shape index (κ3) is 4.23. The first-order valence-corrected chi connectivity index (χ1v) is 8.72. The Kier molecular flexibility index (Phi) is 5.45. The van der Waals surface area contributed by atoms with E-state index in [2.05, 4.69) is 37.1 Å². The summed E-state index contributed by atoms with van der Waals surface area (Å²) in [5.41, 5.74) is 0. The number of likely N-dealkylation sites (N-methyl/N-ethyl adjacent to an activating group) is 1. The highest BCUT2D eigenvalue weighted by Crippen LogP contribution is 2.20. The van der Waals surface area contributed by atoms with Crippen LogP contribution in [0.4, 0.5) is 0 Å². The monoisotopic (exact) mass is 350 g/mol. The predicted octanol–water partition coefficient (Wildman–Crippen LogP) is 0.952. The van der Waals surface area contributed by atoms with Crippen LogP contribution in [0.15, 0.2) is 8.94 Å². The van der Waals surface area contributed by atoms with Crippen molar-refractivity contribution in [1.29, 1.82) is 0 Å². The largest absolute Gasteiger partial charge is 0.424 e. The summed E-state index contributed by atoms with van der Waals surface area (Å²) in [4.78, 5) is 8.72. The van der Waals surface area contributed by atoms with E-state index in [1.807, 2.05) is 13.8 Å². The minimum atomic E-state index is -0.444. The van der Waals surface area contributed by atoms with Crippen LogP contribution in [0.5, 0.6) is 0 Å². The predicted molar refractivity (Wildman–Crippen MR) is 88.6 cm³/mol. The van der Waals surface area contributed by atoms with Crippen LogP contribution in [0.3, 0.4) is 0 Å². The quantitative estimate of drug-likeness (QED) is 0.781. The van der Waals surface area contributed by atoms with Gasteiger partial charge in [0, 0.05) is 25.9 Å². The molecule has 0 aromatic carbocycles. The molecule has 3 rings (SSSR count). The lowest BCUT2D eigenvalue weighted by Gasteiger charge is -2.28. The highest BCUT2D eigenvalue weighted by Gasteiger charge is 2.36. The number of hydrogen-bond acceptors (Lipinski definition) is 9. The summed E-state index contributed by atoms with van der Waals surface area (Å²) < 4.78 is 10.7. The van der Waals surface area contributed by atoms with Gasteiger partial charge in [0.1, 0.15) is 0 Å². The number of likely N-dealkylation sites (tertiary alicyclic amines) is 1. The first-order chi connectivity index (χ1) is 12.0. The second-order valence-corrected chi connectivity index (χ2v) is 6.81. The molecule has 1 saturated heterocycles. The van der Waals surface area contributed by atoms with Crippen molar-refractivity contribution < 1.29 is 14.0 Å². The Morgan fingerprint density at radius 2 is 2.12 bits per heavy atom. The van der Waals surface area contributed by atoms with Crippen LogP contribution in [-0.2, 0) is 13.1 Å². The van der Waals surface area contributed by atoms with Gasteiger partial charge in [0.25, 0.3) is 0 Å². The van der Waals surface area contributed by atoms with E-state index in [1.54, 1.807) is 6.92 Å². The molecule has 138 valence electrons. The summed E-state index contributed by atoms with van der Waals surface area (Å²) in [7, 11) is 0. The molecule has 0 radical (unpaired) electrons. The van der Waals surface area contributed by atoms with Gasteiger partial charge in [-0.3, -0.25) is 9.80 Å². The summed E-state index contributed by atoms with van der Waals surface area (Å²) in [5, 5.41) is 22.4. The SMILES string of the molecule is CCN(Cc1nnc(C)o1)[C@H]1CN(Cc2noc(C(C)C)n2)C[C@H]1O. The van der Waals surface area contributed by atoms with Crippen LogP contribution in [0, 0.1) is 6.92 Å². The minimum Gasteiger partial charge on any atom is -0.424 e. The van der Waals surface area contributed by atoms with Gasteiger partial charge in [-0.25, -0.2) is 0 Å². The lowest BCUT2D eigenvalue weighted by atomic mass is 10.2. The average molecular weight is 350 g/mol. The maximum absolute atomic E-state index is 10.5. The van der Waals surface area contributed by atoms with Gasteiger partial charge < -0.3 is 14.0 Å². The third-order valence-corrected chi connectivity index (χ3v) is 4.46. The summed E-state index contributed by atoms with van der Waals surface area (Å²) in [5.74, 6) is 2.65. The summed E-state index contributed by atoms with van der Waals surface area (Å²) in [6.07, 6.45) is -0.444. The van der Waals surface area contributed by atoms with Crippen molar-refractivity contribution in [3.63, 3.8) is 0 Å². The number of hydrogen-bond donors (Lipinski definition) is 1. The molecule has 0 bridgehead atoms. The molecule has 2 atom stereocenters. The van der Waals surface area contributed by atoms with Crippen LogP contribution in [0.25, 0.3) is 0 Å². The van der Waals surface area contributed by atoms with Crippen molar-refractivity contribution in [2.75, 3.05) is 19.6 Å². The lowest BCUT2D eigenvalue weighted by molar-refractivity contribution is 0.0760. The number of β-amino-alcohol motifs (C(OH)–C–C–N with tert-alkyl or cyclic N) is 1.